The molecular weight excluding hydrogens is 191 g/mol. The van der Waals surface area contributed by atoms with E-state index in [4.69, 9.17) is 4.89 Å². The largest absolute Gasteiger partial charge is 0.335 e. The number of rotatable bonds is 6. The third-order valence-electron chi connectivity index (χ3n) is 1.92. The highest BCUT2D eigenvalue weighted by atomic mass is 31.2. The molecule has 4 nitrogen and oxygen atoms in total. The molecule has 1 saturated carbocycles. The van der Waals surface area contributed by atoms with Crippen molar-refractivity contribution < 1.29 is 18.8 Å². The van der Waals surface area contributed by atoms with E-state index in [0.717, 1.165) is 12.8 Å². The van der Waals surface area contributed by atoms with Gasteiger partial charge in [-0.25, -0.2) is 0 Å². The van der Waals surface area contributed by atoms with Gasteiger partial charge in [0.05, 0.1) is 6.61 Å². The number of Topliss-reactive ketones (excluding diaryl/α,β-unsaturated/α-hetero) is 1. The van der Waals surface area contributed by atoms with Crippen LogP contribution in [0, 0.1) is 5.92 Å². The molecule has 1 rings (SSSR count). The van der Waals surface area contributed by atoms with Crippen LogP contribution in [-0.4, -0.2) is 23.4 Å². The standard InChI is InChI=1S/C8H15O4P/c1-2-12-13(10,11)6-8(9)5-7-3-4-7/h7H,2-6H2,1H3,(H,10,11). The van der Waals surface area contributed by atoms with Crippen molar-refractivity contribution in [2.45, 2.75) is 26.2 Å². The zero-order valence-electron chi connectivity index (χ0n) is 7.73. The van der Waals surface area contributed by atoms with Crippen LogP contribution in [0.1, 0.15) is 26.2 Å². The van der Waals surface area contributed by atoms with Gasteiger partial charge in [0.1, 0.15) is 11.9 Å². The van der Waals surface area contributed by atoms with E-state index in [1.165, 1.54) is 0 Å². The van der Waals surface area contributed by atoms with Crippen LogP contribution >= 0.6 is 7.60 Å². The highest BCUT2D eigenvalue weighted by molar-refractivity contribution is 7.53. The van der Waals surface area contributed by atoms with E-state index in [1.54, 1.807) is 6.92 Å². The molecule has 0 spiro atoms. The fourth-order valence-corrected chi connectivity index (χ4v) is 2.25. The van der Waals surface area contributed by atoms with Crippen molar-refractivity contribution in [3.05, 3.63) is 0 Å². The summed E-state index contributed by atoms with van der Waals surface area (Å²) in [5.41, 5.74) is 0. The van der Waals surface area contributed by atoms with Crippen LogP contribution in [0.15, 0.2) is 0 Å². The molecule has 0 aliphatic heterocycles. The second kappa shape index (κ2) is 4.36. The lowest BCUT2D eigenvalue weighted by Crippen LogP contribution is -2.07. The quantitative estimate of drug-likeness (QED) is 0.670. The normalized spacial score (nSPS) is 21.1. The van der Waals surface area contributed by atoms with Crippen molar-refractivity contribution in [1.29, 1.82) is 0 Å². The first-order valence-electron chi connectivity index (χ1n) is 4.51. The first-order valence-corrected chi connectivity index (χ1v) is 6.28. The predicted molar refractivity (Wildman–Crippen MR) is 48.7 cm³/mol. The first kappa shape index (κ1) is 10.9. The van der Waals surface area contributed by atoms with Gasteiger partial charge in [-0.1, -0.05) is 0 Å². The van der Waals surface area contributed by atoms with Gasteiger partial charge in [-0.05, 0) is 25.7 Å². The van der Waals surface area contributed by atoms with E-state index in [2.05, 4.69) is 4.52 Å². The molecule has 0 saturated heterocycles. The minimum atomic E-state index is -3.63. The first-order chi connectivity index (χ1) is 6.03. The molecule has 0 aromatic carbocycles. The zero-order chi connectivity index (χ0) is 9.90. The minimum absolute atomic E-state index is 0.151. The molecule has 0 aromatic rings. The van der Waals surface area contributed by atoms with Crippen LogP contribution in [0.5, 0.6) is 0 Å². The van der Waals surface area contributed by atoms with Crippen molar-refractivity contribution in [2.75, 3.05) is 12.8 Å². The maximum Gasteiger partial charge on any atom is 0.335 e. The van der Waals surface area contributed by atoms with Crippen LogP contribution in [0.2, 0.25) is 0 Å². The maximum absolute atomic E-state index is 11.2. The Balaban J connectivity index is 2.28. The molecule has 0 heterocycles. The van der Waals surface area contributed by atoms with Crippen molar-refractivity contribution in [3.63, 3.8) is 0 Å². The summed E-state index contributed by atoms with van der Waals surface area (Å²) in [6, 6.07) is 0. The second-order valence-corrected chi connectivity index (χ2v) is 5.25. The Labute approximate surface area is 77.8 Å². The topological polar surface area (TPSA) is 63.6 Å². The van der Waals surface area contributed by atoms with Crippen molar-refractivity contribution in [1.82, 2.24) is 0 Å². The summed E-state index contributed by atoms with van der Waals surface area (Å²) >= 11 is 0. The van der Waals surface area contributed by atoms with Gasteiger partial charge in [0, 0.05) is 6.42 Å². The van der Waals surface area contributed by atoms with Gasteiger partial charge in [-0.15, -0.1) is 0 Å². The molecule has 1 atom stereocenters. The van der Waals surface area contributed by atoms with Gasteiger partial charge in [-0.2, -0.15) is 0 Å². The lowest BCUT2D eigenvalue weighted by Gasteiger charge is -2.08. The molecule has 0 bridgehead atoms. The number of hydrogen-bond donors (Lipinski definition) is 1. The number of carbonyl (C=O) groups is 1. The van der Waals surface area contributed by atoms with Gasteiger partial charge in [-0.3, -0.25) is 9.36 Å². The lowest BCUT2D eigenvalue weighted by atomic mass is 10.2. The molecule has 5 heteroatoms. The fourth-order valence-electron chi connectivity index (χ4n) is 1.18. The van der Waals surface area contributed by atoms with Crippen molar-refractivity contribution >= 4 is 13.4 Å². The Bertz CT molecular complexity index is 234. The smallest absolute Gasteiger partial charge is 0.324 e. The molecule has 1 N–H and O–H groups in total. The Kier molecular flexibility index (Phi) is 3.65. The van der Waals surface area contributed by atoms with E-state index in [9.17, 15) is 9.36 Å². The van der Waals surface area contributed by atoms with Crippen LogP contribution in [0.25, 0.3) is 0 Å². The molecule has 1 aliphatic carbocycles. The molecular formula is C8H15O4P. The van der Waals surface area contributed by atoms with E-state index < -0.39 is 7.60 Å². The second-order valence-electron chi connectivity index (χ2n) is 3.40. The summed E-state index contributed by atoms with van der Waals surface area (Å²) in [7, 11) is -3.63. The molecule has 0 amide bonds. The molecule has 13 heavy (non-hydrogen) atoms. The molecule has 1 unspecified atom stereocenters. The van der Waals surface area contributed by atoms with Crippen molar-refractivity contribution in [3.8, 4) is 0 Å². The molecule has 1 aliphatic rings. The summed E-state index contributed by atoms with van der Waals surface area (Å²) < 4.78 is 15.7. The van der Waals surface area contributed by atoms with Gasteiger partial charge in [0.15, 0.2) is 0 Å². The van der Waals surface area contributed by atoms with Crippen molar-refractivity contribution in [2.24, 2.45) is 5.92 Å². The van der Waals surface area contributed by atoms with E-state index in [-0.39, 0.29) is 18.6 Å². The average molecular weight is 206 g/mol. The Hall–Kier alpha value is -0.180. The Morgan fingerprint density at radius 3 is 2.69 bits per heavy atom. The molecule has 0 radical (unpaired) electrons. The van der Waals surface area contributed by atoms with Crippen LogP contribution in [0.3, 0.4) is 0 Å². The summed E-state index contributed by atoms with van der Waals surface area (Å²) in [5.74, 6) is 0.316. The van der Waals surface area contributed by atoms with Gasteiger partial charge in [0.2, 0.25) is 0 Å². The Morgan fingerprint density at radius 2 is 2.23 bits per heavy atom. The van der Waals surface area contributed by atoms with Crippen LogP contribution in [-0.2, 0) is 13.9 Å². The van der Waals surface area contributed by atoms with Crippen LogP contribution in [0.4, 0.5) is 0 Å². The average Bonchev–Trinajstić information content (AvgIpc) is 2.68. The highest BCUT2D eigenvalue weighted by Crippen LogP contribution is 2.43. The SMILES string of the molecule is CCOP(=O)(O)CC(=O)CC1CC1. The third-order valence-corrected chi connectivity index (χ3v) is 3.33. The minimum Gasteiger partial charge on any atom is -0.324 e. The Morgan fingerprint density at radius 1 is 1.62 bits per heavy atom. The number of hydrogen-bond acceptors (Lipinski definition) is 3. The molecule has 76 valence electrons. The monoisotopic (exact) mass is 206 g/mol. The summed E-state index contributed by atoms with van der Waals surface area (Å²) in [4.78, 5) is 20.3. The summed E-state index contributed by atoms with van der Waals surface area (Å²) in [6.45, 7) is 1.80. The number of ketones is 1. The van der Waals surface area contributed by atoms with Crippen LogP contribution < -0.4 is 0 Å². The molecule has 1 fully saturated rings. The van der Waals surface area contributed by atoms with E-state index >= 15 is 0 Å². The lowest BCUT2D eigenvalue weighted by molar-refractivity contribution is -0.117. The maximum atomic E-state index is 11.2. The van der Waals surface area contributed by atoms with E-state index in [0.29, 0.717) is 12.3 Å². The summed E-state index contributed by atoms with van der Waals surface area (Å²) in [5, 5.41) is 0. The summed E-state index contributed by atoms with van der Waals surface area (Å²) in [6.07, 6.45) is 2.28. The fraction of sp³-hybridized carbons (Fsp3) is 0.875. The predicted octanol–water partition coefficient (Wildman–Crippen LogP) is 1.58. The highest BCUT2D eigenvalue weighted by Gasteiger charge is 2.29. The third kappa shape index (κ3) is 4.55. The number of carbonyl (C=O) groups excluding carboxylic acids is 1. The van der Waals surface area contributed by atoms with E-state index in [1.807, 2.05) is 0 Å². The van der Waals surface area contributed by atoms with Gasteiger partial charge in [0.25, 0.3) is 0 Å². The zero-order valence-corrected chi connectivity index (χ0v) is 8.63. The van der Waals surface area contributed by atoms with Gasteiger partial charge < -0.3 is 9.42 Å². The van der Waals surface area contributed by atoms with Gasteiger partial charge >= 0.3 is 7.60 Å². The molecule has 0 aromatic heterocycles.